The molecule has 2 heterocycles. The molecule has 2 N–H and O–H groups in total. The largest absolute Gasteiger partial charge is 0.366 e. The molecule has 2 aromatic carbocycles. The van der Waals surface area contributed by atoms with Crippen molar-refractivity contribution in [2.75, 3.05) is 26.2 Å². The Morgan fingerprint density at radius 1 is 0.914 bits per heavy atom. The van der Waals surface area contributed by atoms with Crippen molar-refractivity contribution in [3.63, 3.8) is 0 Å². The van der Waals surface area contributed by atoms with E-state index in [2.05, 4.69) is 9.88 Å². The van der Waals surface area contributed by atoms with Gasteiger partial charge < -0.3 is 10.6 Å². The van der Waals surface area contributed by atoms with Crippen LogP contribution in [0.15, 0.2) is 65.8 Å². The SMILES string of the molecule is CCN(CC)C(=O)c1ccc(C(=C2CCN(Cc3cncs3)CC2)c2ccc(C(N)=O)cc2)cc1. The molecule has 1 fully saturated rings. The Labute approximate surface area is 211 Å². The summed E-state index contributed by atoms with van der Waals surface area (Å²) >= 11 is 1.70. The van der Waals surface area contributed by atoms with Crippen molar-refractivity contribution in [3.8, 4) is 0 Å². The summed E-state index contributed by atoms with van der Waals surface area (Å²) in [4.78, 5) is 34.2. The zero-order valence-corrected chi connectivity index (χ0v) is 21.2. The van der Waals surface area contributed by atoms with Crippen molar-refractivity contribution in [1.29, 1.82) is 0 Å². The van der Waals surface area contributed by atoms with Crippen molar-refractivity contribution >= 4 is 28.7 Å². The Morgan fingerprint density at radius 3 is 1.94 bits per heavy atom. The minimum Gasteiger partial charge on any atom is -0.366 e. The number of hydrogen-bond acceptors (Lipinski definition) is 5. The van der Waals surface area contributed by atoms with Crippen LogP contribution in [0.2, 0.25) is 0 Å². The Balaban J connectivity index is 1.63. The molecule has 0 radical (unpaired) electrons. The lowest BCUT2D eigenvalue weighted by atomic mass is 9.87. The second-order valence-corrected chi connectivity index (χ2v) is 9.69. The second-order valence-electron chi connectivity index (χ2n) is 8.72. The number of nitrogens with zero attached hydrogens (tertiary/aromatic N) is 3. The number of rotatable bonds is 8. The summed E-state index contributed by atoms with van der Waals surface area (Å²) in [5.41, 5.74) is 13.3. The van der Waals surface area contributed by atoms with E-state index in [9.17, 15) is 9.59 Å². The van der Waals surface area contributed by atoms with Crippen molar-refractivity contribution in [3.05, 3.63) is 92.9 Å². The van der Waals surface area contributed by atoms with Crippen molar-refractivity contribution < 1.29 is 9.59 Å². The molecule has 0 spiro atoms. The number of carbonyl (C=O) groups excluding carboxylic acids is 2. The minimum atomic E-state index is -0.429. The zero-order valence-electron chi connectivity index (χ0n) is 20.4. The van der Waals surface area contributed by atoms with Crippen LogP contribution in [-0.2, 0) is 6.54 Å². The smallest absolute Gasteiger partial charge is 0.253 e. The van der Waals surface area contributed by atoms with Gasteiger partial charge in [0.15, 0.2) is 0 Å². The van der Waals surface area contributed by atoms with Gasteiger partial charge >= 0.3 is 0 Å². The lowest BCUT2D eigenvalue weighted by Crippen LogP contribution is -2.30. The van der Waals surface area contributed by atoms with Gasteiger partial charge in [-0.25, -0.2) is 0 Å². The molecule has 1 aliphatic rings. The molecule has 1 aromatic heterocycles. The third-order valence-electron chi connectivity index (χ3n) is 6.61. The molecule has 6 nitrogen and oxygen atoms in total. The molecular formula is C28H32N4O2S. The van der Waals surface area contributed by atoms with Crippen molar-refractivity contribution in [2.24, 2.45) is 5.73 Å². The number of nitrogens with two attached hydrogens (primary N) is 1. The molecule has 0 atom stereocenters. The molecule has 35 heavy (non-hydrogen) atoms. The first-order valence-electron chi connectivity index (χ1n) is 12.1. The first-order valence-corrected chi connectivity index (χ1v) is 13.0. The number of benzene rings is 2. The number of piperidine rings is 1. The Bertz CT molecular complexity index is 1170. The lowest BCUT2D eigenvalue weighted by molar-refractivity contribution is 0.0772. The highest BCUT2D eigenvalue weighted by atomic mass is 32.1. The van der Waals surface area contributed by atoms with Gasteiger partial charge in [-0.3, -0.25) is 19.5 Å². The van der Waals surface area contributed by atoms with E-state index < -0.39 is 5.91 Å². The van der Waals surface area contributed by atoms with Crippen molar-refractivity contribution in [2.45, 2.75) is 33.2 Å². The van der Waals surface area contributed by atoms with Crippen LogP contribution in [-0.4, -0.2) is 52.8 Å². The first kappa shape index (κ1) is 24.8. The van der Waals surface area contributed by atoms with Gasteiger partial charge in [0.25, 0.3) is 5.91 Å². The molecule has 1 aliphatic heterocycles. The van der Waals surface area contributed by atoms with E-state index in [-0.39, 0.29) is 5.91 Å². The highest BCUT2D eigenvalue weighted by molar-refractivity contribution is 7.09. The summed E-state index contributed by atoms with van der Waals surface area (Å²) in [6, 6.07) is 15.5. The summed E-state index contributed by atoms with van der Waals surface area (Å²) in [6.45, 7) is 8.27. The average molecular weight is 489 g/mol. The highest BCUT2D eigenvalue weighted by Gasteiger charge is 2.20. The van der Waals surface area contributed by atoms with Crippen LogP contribution in [0.25, 0.3) is 5.57 Å². The quantitative estimate of drug-likeness (QED) is 0.493. The van der Waals surface area contributed by atoms with Crippen LogP contribution in [0.5, 0.6) is 0 Å². The van der Waals surface area contributed by atoms with Gasteiger partial charge in [-0.05, 0) is 67.7 Å². The maximum atomic E-state index is 12.8. The van der Waals surface area contributed by atoms with E-state index in [0.717, 1.165) is 43.6 Å². The third kappa shape index (κ3) is 5.86. The second kappa shape index (κ2) is 11.4. The van der Waals surface area contributed by atoms with Crippen LogP contribution in [0.1, 0.15) is 63.4 Å². The van der Waals surface area contributed by atoms with E-state index in [1.54, 1.807) is 23.5 Å². The molecule has 3 aromatic rings. The molecule has 1 saturated heterocycles. The molecule has 0 saturated carbocycles. The fourth-order valence-corrected chi connectivity index (χ4v) is 5.26. The molecule has 2 amide bonds. The summed E-state index contributed by atoms with van der Waals surface area (Å²) in [7, 11) is 0. The molecule has 182 valence electrons. The van der Waals surface area contributed by atoms with Crippen molar-refractivity contribution in [1.82, 2.24) is 14.8 Å². The summed E-state index contributed by atoms with van der Waals surface area (Å²) < 4.78 is 0. The molecular weight excluding hydrogens is 456 g/mol. The standard InChI is InChI=1S/C28H32N4O2S/c1-3-32(4-2)28(34)24-11-7-21(8-12-24)26(20-5-9-23(10-6-20)27(29)33)22-13-15-31(16-14-22)18-25-17-30-19-35-25/h5-12,17,19H,3-4,13-16,18H2,1-2H3,(H2,29,33). The van der Waals surface area contributed by atoms with Gasteiger partial charge in [0.05, 0.1) is 5.51 Å². The highest BCUT2D eigenvalue weighted by Crippen LogP contribution is 2.33. The lowest BCUT2D eigenvalue weighted by Gasteiger charge is -2.30. The summed E-state index contributed by atoms with van der Waals surface area (Å²) in [6.07, 6.45) is 3.88. The van der Waals surface area contributed by atoms with Crippen LogP contribution in [0.4, 0.5) is 0 Å². The maximum absolute atomic E-state index is 12.8. The fourth-order valence-electron chi connectivity index (χ4n) is 4.62. The van der Waals surface area contributed by atoms with Crippen LogP contribution in [0, 0.1) is 0 Å². The number of hydrogen-bond donors (Lipinski definition) is 1. The van der Waals surface area contributed by atoms with Gasteiger partial charge in [0.1, 0.15) is 0 Å². The van der Waals surface area contributed by atoms with E-state index in [1.807, 2.05) is 66.9 Å². The average Bonchev–Trinajstić information content (AvgIpc) is 3.40. The van der Waals surface area contributed by atoms with E-state index in [1.165, 1.54) is 16.0 Å². The topological polar surface area (TPSA) is 79.5 Å². The number of primary amides is 1. The summed E-state index contributed by atoms with van der Waals surface area (Å²) in [5, 5.41) is 0. The monoisotopic (exact) mass is 488 g/mol. The van der Waals surface area contributed by atoms with E-state index in [0.29, 0.717) is 24.2 Å². The van der Waals surface area contributed by atoms with E-state index in [4.69, 9.17) is 5.73 Å². The van der Waals surface area contributed by atoms with Gasteiger partial charge in [0.2, 0.25) is 5.91 Å². The fraction of sp³-hybridized carbons (Fsp3) is 0.321. The van der Waals surface area contributed by atoms with Gasteiger partial charge in [-0.1, -0.05) is 29.8 Å². The van der Waals surface area contributed by atoms with Crippen LogP contribution < -0.4 is 5.73 Å². The number of carbonyl (C=O) groups is 2. The Hall–Kier alpha value is -3.29. The van der Waals surface area contributed by atoms with E-state index >= 15 is 0 Å². The zero-order chi connectivity index (χ0) is 24.8. The summed E-state index contributed by atoms with van der Waals surface area (Å²) in [5.74, 6) is -0.376. The maximum Gasteiger partial charge on any atom is 0.253 e. The minimum absolute atomic E-state index is 0.0536. The van der Waals surface area contributed by atoms with Crippen LogP contribution in [0.3, 0.4) is 0 Å². The molecule has 0 aliphatic carbocycles. The number of likely N-dealkylation sites (tertiary alicyclic amines) is 1. The predicted octanol–water partition coefficient (Wildman–Crippen LogP) is 4.82. The van der Waals surface area contributed by atoms with Gasteiger partial charge in [0, 0.05) is 54.9 Å². The third-order valence-corrected chi connectivity index (χ3v) is 7.37. The molecule has 4 rings (SSSR count). The molecule has 0 unspecified atom stereocenters. The predicted molar refractivity (Wildman–Crippen MR) is 141 cm³/mol. The van der Waals surface area contributed by atoms with Gasteiger partial charge in [-0.15, -0.1) is 11.3 Å². The number of thiazole rings is 1. The molecule has 7 heteroatoms. The number of aromatic nitrogens is 1. The first-order chi connectivity index (χ1) is 17.0. The Kier molecular flexibility index (Phi) is 8.10. The normalized spacial score (nSPS) is 14.1. The van der Waals surface area contributed by atoms with Crippen LogP contribution >= 0.6 is 11.3 Å². The van der Waals surface area contributed by atoms with Gasteiger partial charge in [-0.2, -0.15) is 0 Å². The Morgan fingerprint density at radius 2 is 1.46 bits per heavy atom. The molecule has 0 bridgehead atoms. The number of amides is 2.